The van der Waals surface area contributed by atoms with Crippen LogP contribution in [0.15, 0.2) is 24.3 Å². The Bertz CT molecular complexity index is 112. The maximum atomic E-state index is 9.64. The maximum absolute atomic E-state index is 9.64. The van der Waals surface area contributed by atoms with Gasteiger partial charge >= 0.3 is 0 Å². The summed E-state index contributed by atoms with van der Waals surface area (Å²) in [6.45, 7) is 2.07. The zero-order valence-corrected chi connectivity index (χ0v) is 5.63. The number of hydrogen-bond donors (Lipinski definition) is 0. The van der Waals surface area contributed by atoms with Crippen LogP contribution in [0, 0.1) is 0 Å². The molecule has 0 atom stereocenters. The van der Waals surface area contributed by atoms with E-state index in [1.54, 1.807) is 12.4 Å². The zero-order valence-electron chi connectivity index (χ0n) is 5.63. The lowest BCUT2D eigenvalue weighted by Gasteiger charge is -1.73. The summed E-state index contributed by atoms with van der Waals surface area (Å²) in [5.74, 6) is 0. The molecule has 0 saturated carbocycles. The first-order chi connectivity index (χ1) is 4.41. The fourth-order valence-electron chi connectivity index (χ4n) is 0.409. The minimum Gasteiger partial charge on any atom is -0.291 e. The minimum absolute atomic E-state index is 0.397. The van der Waals surface area contributed by atoms with Crippen LogP contribution in [0.2, 0.25) is 0 Å². The van der Waals surface area contributed by atoms with Crippen molar-refractivity contribution in [3.63, 3.8) is 0 Å². The Morgan fingerprint density at radius 1 is 1.33 bits per heavy atom. The molecule has 0 aliphatic carbocycles. The van der Waals surface area contributed by atoms with Crippen molar-refractivity contribution in [2.75, 3.05) is 0 Å². The fourth-order valence-corrected chi connectivity index (χ4v) is 0.409. The maximum Gasteiger partial charge on any atom is 0.202 e. The second kappa shape index (κ2) is 7.15. The highest BCUT2D eigenvalue weighted by Crippen LogP contribution is 1.82. The smallest absolute Gasteiger partial charge is 0.202 e. The summed E-state index contributed by atoms with van der Waals surface area (Å²) in [6, 6.07) is 0. The van der Waals surface area contributed by atoms with Gasteiger partial charge in [0, 0.05) is 6.42 Å². The Labute approximate surface area is 56.1 Å². The molecule has 0 aromatic rings. The van der Waals surface area contributed by atoms with E-state index in [4.69, 9.17) is 0 Å². The number of allylic oxidation sites excluding steroid dienone is 4. The third-order valence-electron chi connectivity index (χ3n) is 0.820. The van der Waals surface area contributed by atoms with Crippen LogP contribution in [0.5, 0.6) is 0 Å². The van der Waals surface area contributed by atoms with Crippen molar-refractivity contribution in [3.05, 3.63) is 24.3 Å². The van der Waals surface area contributed by atoms with Crippen LogP contribution in [0.25, 0.3) is 0 Å². The van der Waals surface area contributed by atoms with Gasteiger partial charge in [-0.05, 0) is 6.42 Å². The molecule has 1 nitrogen and oxygen atoms in total. The molecule has 0 bridgehead atoms. The van der Waals surface area contributed by atoms with Crippen LogP contribution in [0.1, 0.15) is 19.8 Å². The zero-order chi connectivity index (χ0) is 6.95. The summed E-state index contributed by atoms with van der Waals surface area (Å²) in [4.78, 5) is 9.64. The third kappa shape index (κ3) is 7.15. The predicted octanol–water partition coefficient (Wildman–Crippen LogP) is 2.01. The van der Waals surface area contributed by atoms with Gasteiger partial charge in [-0.15, -0.1) is 0 Å². The quantitative estimate of drug-likeness (QED) is 0.522. The molecule has 0 saturated heterocycles. The van der Waals surface area contributed by atoms with Crippen molar-refractivity contribution < 1.29 is 4.79 Å². The van der Waals surface area contributed by atoms with Crippen LogP contribution < -0.4 is 0 Å². The molecule has 0 aromatic carbocycles. The van der Waals surface area contributed by atoms with E-state index < -0.39 is 0 Å². The summed E-state index contributed by atoms with van der Waals surface area (Å²) >= 11 is 0. The molecule has 1 heteroatoms. The van der Waals surface area contributed by atoms with E-state index in [2.05, 4.69) is 6.92 Å². The Kier molecular flexibility index (Phi) is 6.47. The van der Waals surface area contributed by atoms with Gasteiger partial charge in [0.15, 0.2) is 0 Å². The summed E-state index contributed by atoms with van der Waals surface area (Å²) in [6.07, 6.45) is 10.8. The number of hydrogen-bond acceptors (Lipinski definition) is 1. The molecule has 49 valence electrons. The molecule has 0 aliphatic heterocycles. The second-order valence-electron chi connectivity index (χ2n) is 1.61. The first-order valence-electron chi connectivity index (χ1n) is 3.08. The molecule has 0 heterocycles. The van der Waals surface area contributed by atoms with Crippen LogP contribution in [-0.4, -0.2) is 6.29 Å². The predicted molar refractivity (Wildman–Crippen MR) is 38.9 cm³/mol. The molecule has 0 fully saturated rings. The molecule has 0 unspecified atom stereocenters. The Morgan fingerprint density at radius 3 is 2.56 bits per heavy atom. The van der Waals surface area contributed by atoms with Crippen molar-refractivity contribution in [2.24, 2.45) is 0 Å². The first kappa shape index (κ1) is 8.15. The molecular formula is C8H11O. The van der Waals surface area contributed by atoms with E-state index in [0.717, 1.165) is 6.42 Å². The Morgan fingerprint density at radius 2 is 2.00 bits per heavy atom. The van der Waals surface area contributed by atoms with Gasteiger partial charge < -0.3 is 0 Å². The van der Waals surface area contributed by atoms with Crippen molar-refractivity contribution in [3.8, 4) is 0 Å². The molecular weight excluding hydrogens is 112 g/mol. The van der Waals surface area contributed by atoms with Gasteiger partial charge in [0.25, 0.3) is 0 Å². The van der Waals surface area contributed by atoms with E-state index >= 15 is 0 Å². The molecule has 0 rings (SSSR count). The molecule has 0 spiro atoms. The lowest BCUT2D eigenvalue weighted by atomic mass is 10.3. The lowest BCUT2D eigenvalue weighted by molar-refractivity contribution is 0.556. The largest absolute Gasteiger partial charge is 0.291 e. The summed E-state index contributed by atoms with van der Waals surface area (Å²) in [5.41, 5.74) is 0. The highest BCUT2D eigenvalue weighted by Gasteiger charge is 1.68. The molecule has 1 radical (unpaired) electrons. The Hall–Kier alpha value is -0.850. The second-order valence-corrected chi connectivity index (χ2v) is 1.61. The average Bonchev–Trinajstić information content (AvgIpc) is 1.89. The number of carbonyl (C=O) groups excluding carboxylic acids is 1. The minimum atomic E-state index is 0.397. The van der Waals surface area contributed by atoms with Crippen LogP contribution in [-0.2, 0) is 4.79 Å². The monoisotopic (exact) mass is 123 g/mol. The topological polar surface area (TPSA) is 17.1 Å². The third-order valence-corrected chi connectivity index (χ3v) is 0.820. The number of rotatable bonds is 4. The van der Waals surface area contributed by atoms with Crippen molar-refractivity contribution in [1.29, 1.82) is 0 Å². The molecule has 0 N–H and O–H groups in total. The van der Waals surface area contributed by atoms with Crippen LogP contribution in [0.3, 0.4) is 0 Å². The average molecular weight is 123 g/mol. The van der Waals surface area contributed by atoms with E-state index in [9.17, 15) is 4.79 Å². The Balaban J connectivity index is 3.23. The summed E-state index contributed by atoms with van der Waals surface area (Å²) in [5, 5.41) is 0. The van der Waals surface area contributed by atoms with E-state index in [1.807, 2.05) is 18.2 Å². The van der Waals surface area contributed by atoms with Crippen molar-refractivity contribution in [1.82, 2.24) is 0 Å². The van der Waals surface area contributed by atoms with Crippen LogP contribution in [0.4, 0.5) is 0 Å². The molecule has 0 aliphatic rings. The van der Waals surface area contributed by atoms with Gasteiger partial charge in [0.1, 0.15) is 0 Å². The van der Waals surface area contributed by atoms with Gasteiger partial charge in [-0.2, -0.15) is 0 Å². The first-order valence-corrected chi connectivity index (χ1v) is 3.08. The van der Waals surface area contributed by atoms with Gasteiger partial charge in [0.05, 0.1) is 0 Å². The van der Waals surface area contributed by atoms with Crippen molar-refractivity contribution in [2.45, 2.75) is 19.8 Å². The van der Waals surface area contributed by atoms with Gasteiger partial charge in [-0.25, -0.2) is 0 Å². The van der Waals surface area contributed by atoms with Gasteiger partial charge in [0.2, 0.25) is 6.29 Å². The van der Waals surface area contributed by atoms with E-state index in [0.29, 0.717) is 6.42 Å². The van der Waals surface area contributed by atoms with Gasteiger partial charge in [-0.3, -0.25) is 4.79 Å². The highest BCUT2D eigenvalue weighted by molar-refractivity contribution is 5.53. The SMILES string of the molecule is CC/C=C/C=C/C[C]=O. The molecule has 0 amide bonds. The van der Waals surface area contributed by atoms with Gasteiger partial charge in [-0.1, -0.05) is 31.2 Å². The van der Waals surface area contributed by atoms with E-state index in [-0.39, 0.29) is 0 Å². The van der Waals surface area contributed by atoms with Crippen LogP contribution >= 0.6 is 0 Å². The van der Waals surface area contributed by atoms with Crippen molar-refractivity contribution >= 4 is 6.29 Å². The summed E-state index contributed by atoms with van der Waals surface area (Å²) in [7, 11) is 0. The molecule has 0 aromatic heterocycles. The van der Waals surface area contributed by atoms with E-state index in [1.165, 1.54) is 0 Å². The summed E-state index contributed by atoms with van der Waals surface area (Å²) < 4.78 is 0. The lowest BCUT2D eigenvalue weighted by Crippen LogP contribution is -1.63. The normalized spacial score (nSPS) is 11.2. The fraction of sp³-hybridized carbons (Fsp3) is 0.375. The standard InChI is InChI=1S/C8H11O/c1-2-3-4-5-6-7-8-9/h3-6H,2,7H2,1H3/b4-3+,6-5+. The molecule has 9 heavy (non-hydrogen) atoms. The highest BCUT2D eigenvalue weighted by atomic mass is 16.1.